The van der Waals surface area contributed by atoms with Crippen molar-refractivity contribution in [2.45, 2.75) is 11.5 Å². The van der Waals surface area contributed by atoms with Crippen molar-refractivity contribution in [3.05, 3.63) is 41.2 Å². The fraction of sp³-hybridized carbons (Fsp3) is 0.333. The van der Waals surface area contributed by atoms with Crippen molar-refractivity contribution < 1.29 is 13.0 Å². The topological polar surface area (TPSA) is 46.1 Å². The van der Waals surface area contributed by atoms with Crippen LogP contribution in [0.2, 0.25) is 0 Å². The largest absolute Gasteiger partial charge is 0.353 e. The van der Waals surface area contributed by atoms with Gasteiger partial charge in [-0.3, -0.25) is 4.21 Å². The molecule has 0 spiro atoms. The van der Waals surface area contributed by atoms with Crippen molar-refractivity contribution in [3.63, 3.8) is 0 Å². The molecule has 0 aliphatic heterocycles. The Kier molecular flexibility index (Phi) is 4.77. The Morgan fingerprint density at radius 2 is 1.90 bits per heavy atom. The number of hydrogen-bond acceptors (Lipinski definition) is 5. The summed E-state index contributed by atoms with van der Waals surface area (Å²) in [6.45, 7) is 0. The lowest BCUT2D eigenvalue weighted by atomic mass is 10.2. The molecular weight excluding hydrogens is 304 g/mol. The molecule has 1 heterocycles. The van der Waals surface area contributed by atoms with Crippen LogP contribution in [-0.4, -0.2) is 27.7 Å². The SMILES string of the molecule is CN(C)c1nc(C[S@](=O)Cc2c(F)cccc2F)ns1. The highest BCUT2D eigenvalue weighted by atomic mass is 32.2. The second-order valence-electron chi connectivity index (χ2n) is 4.32. The predicted octanol–water partition coefficient (Wildman–Crippen LogP) is 2.33. The molecule has 0 fully saturated rings. The molecule has 8 heteroatoms. The molecule has 108 valence electrons. The summed E-state index contributed by atoms with van der Waals surface area (Å²) in [7, 11) is 2.20. The van der Waals surface area contributed by atoms with Gasteiger partial charge >= 0.3 is 0 Å². The molecule has 0 saturated heterocycles. The van der Waals surface area contributed by atoms with Gasteiger partial charge < -0.3 is 4.90 Å². The van der Waals surface area contributed by atoms with Crippen molar-refractivity contribution in [2.75, 3.05) is 19.0 Å². The summed E-state index contributed by atoms with van der Waals surface area (Å²) in [5, 5.41) is 0.703. The molecule has 0 saturated carbocycles. The van der Waals surface area contributed by atoms with E-state index in [0.29, 0.717) is 11.0 Å². The number of halogens is 2. The zero-order valence-corrected chi connectivity index (χ0v) is 12.6. The van der Waals surface area contributed by atoms with Crippen molar-refractivity contribution in [1.29, 1.82) is 0 Å². The lowest BCUT2D eigenvalue weighted by Crippen LogP contribution is -2.09. The van der Waals surface area contributed by atoms with Crippen molar-refractivity contribution in [1.82, 2.24) is 9.36 Å². The summed E-state index contributed by atoms with van der Waals surface area (Å²) in [5.74, 6) is -1.04. The Bertz CT molecular complexity index is 611. The van der Waals surface area contributed by atoms with Gasteiger partial charge in [0.15, 0.2) is 5.82 Å². The molecule has 2 rings (SSSR count). The van der Waals surface area contributed by atoms with Gasteiger partial charge in [-0.2, -0.15) is 4.37 Å². The minimum atomic E-state index is -1.46. The minimum Gasteiger partial charge on any atom is -0.353 e. The predicted molar refractivity (Wildman–Crippen MR) is 76.1 cm³/mol. The highest BCUT2D eigenvalue weighted by Gasteiger charge is 2.14. The molecule has 20 heavy (non-hydrogen) atoms. The normalized spacial score (nSPS) is 12.4. The van der Waals surface area contributed by atoms with Crippen LogP contribution in [0.1, 0.15) is 11.4 Å². The molecule has 1 aromatic heterocycles. The summed E-state index contributed by atoms with van der Waals surface area (Å²) in [4.78, 5) is 5.98. The van der Waals surface area contributed by atoms with Crippen molar-refractivity contribution in [2.24, 2.45) is 0 Å². The van der Waals surface area contributed by atoms with Crippen LogP contribution in [-0.2, 0) is 22.3 Å². The number of nitrogens with zero attached hydrogens (tertiary/aromatic N) is 3. The Morgan fingerprint density at radius 3 is 2.45 bits per heavy atom. The van der Waals surface area contributed by atoms with Crippen LogP contribution in [0.15, 0.2) is 18.2 Å². The summed E-state index contributed by atoms with van der Waals surface area (Å²) >= 11 is 1.19. The smallest absolute Gasteiger partial charge is 0.204 e. The third kappa shape index (κ3) is 3.57. The summed E-state index contributed by atoms with van der Waals surface area (Å²) < 4.78 is 42.9. The van der Waals surface area contributed by atoms with Gasteiger partial charge in [-0.25, -0.2) is 13.8 Å². The maximum absolute atomic E-state index is 13.4. The lowest BCUT2D eigenvalue weighted by Gasteiger charge is -2.05. The van der Waals surface area contributed by atoms with E-state index in [1.165, 1.54) is 17.6 Å². The first-order valence-corrected chi connectivity index (χ1v) is 8.01. The van der Waals surface area contributed by atoms with E-state index in [1.54, 1.807) is 4.90 Å². The number of benzene rings is 1. The fourth-order valence-corrected chi connectivity index (χ4v) is 3.31. The lowest BCUT2D eigenvalue weighted by molar-refractivity contribution is 0.564. The zero-order chi connectivity index (χ0) is 14.7. The minimum absolute atomic E-state index is 0.0815. The molecule has 1 aromatic carbocycles. The number of rotatable bonds is 5. The molecular formula is C12H13F2N3OS2. The summed E-state index contributed by atoms with van der Waals surface area (Å²) in [6, 6.07) is 3.59. The van der Waals surface area contributed by atoms with E-state index in [-0.39, 0.29) is 17.1 Å². The number of hydrogen-bond donors (Lipinski definition) is 0. The zero-order valence-electron chi connectivity index (χ0n) is 11.0. The fourth-order valence-electron chi connectivity index (χ4n) is 1.51. The molecule has 0 amide bonds. The highest BCUT2D eigenvalue weighted by Crippen LogP contribution is 2.18. The van der Waals surface area contributed by atoms with Crippen LogP contribution in [0.25, 0.3) is 0 Å². The standard InChI is InChI=1S/C12H13F2N3OS2/c1-17(2)12-15-11(16-19-12)7-20(18)6-8-9(13)4-3-5-10(8)14/h3-5H,6-7H2,1-2H3/t20-/m1/s1. The van der Waals surface area contributed by atoms with E-state index >= 15 is 0 Å². The van der Waals surface area contributed by atoms with Gasteiger partial charge in [0.05, 0.1) is 11.5 Å². The molecule has 0 bridgehead atoms. The second kappa shape index (κ2) is 6.36. The maximum atomic E-state index is 13.4. The second-order valence-corrected chi connectivity index (χ2v) is 6.50. The molecule has 0 N–H and O–H groups in total. The Labute approximate surface area is 122 Å². The van der Waals surface area contributed by atoms with Crippen molar-refractivity contribution in [3.8, 4) is 0 Å². The van der Waals surface area contributed by atoms with Gasteiger partial charge in [0.2, 0.25) is 5.13 Å². The molecule has 2 aromatic rings. The molecule has 0 unspecified atom stereocenters. The third-order valence-electron chi connectivity index (χ3n) is 2.50. The van der Waals surface area contributed by atoms with Gasteiger partial charge in [-0.15, -0.1) is 0 Å². The summed E-state index contributed by atoms with van der Waals surface area (Å²) in [6.07, 6.45) is 0. The first-order chi connectivity index (χ1) is 9.47. The Balaban J connectivity index is 2.05. The van der Waals surface area contributed by atoms with Gasteiger partial charge in [0.1, 0.15) is 11.6 Å². The molecule has 0 radical (unpaired) electrons. The first kappa shape index (κ1) is 15.0. The summed E-state index contributed by atoms with van der Waals surface area (Å²) in [5.41, 5.74) is -0.158. The number of anilines is 1. The van der Waals surface area contributed by atoms with Gasteiger partial charge in [0, 0.05) is 42.0 Å². The van der Waals surface area contributed by atoms with Gasteiger partial charge in [-0.05, 0) is 12.1 Å². The van der Waals surface area contributed by atoms with E-state index in [9.17, 15) is 13.0 Å². The van der Waals surface area contributed by atoms with E-state index < -0.39 is 22.4 Å². The van der Waals surface area contributed by atoms with Gasteiger partial charge in [-0.1, -0.05) is 6.07 Å². The molecule has 0 aliphatic rings. The van der Waals surface area contributed by atoms with Crippen LogP contribution in [0, 0.1) is 11.6 Å². The molecule has 0 aliphatic carbocycles. The van der Waals surface area contributed by atoms with E-state index in [2.05, 4.69) is 9.36 Å². The average molecular weight is 317 g/mol. The van der Waals surface area contributed by atoms with Crippen LogP contribution in [0.3, 0.4) is 0 Å². The van der Waals surface area contributed by atoms with Crippen LogP contribution in [0.4, 0.5) is 13.9 Å². The van der Waals surface area contributed by atoms with E-state index in [4.69, 9.17) is 0 Å². The molecule has 4 nitrogen and oxygen atoms in total. The highest BCUT2D eigenvalue weighted by molar-refractivity contribution is 7.83. The maximum Gasteiger partial charge on any atom is 0.204 e. The van der Waals surface area contributed by atoms with Crippen molar-refractivity contribution >= 4 is 27.5 Å². The van der Waals surface area contributed by atoms with Crippen LogP contribution < -0.4 is 4.90 Å². The van der Waals surface area contributed by atoms with Gasteiger partial charge in [0.25, 0.3) is 0 Å². The quantitative estimate of drug-likeness (QED) is 0.849. The average Bonchev–Trinajstić information content (AvgIpc) is 2.82. The number of aromatic nitrogens is 2. The van der Waals surface area contributed by atoms with Crippen LogP contribution in [0.5, 0.6) is 0 Å². The van der Waals surface area contributed by atoms with E-state index in [1.807, 2.05) is 14.1 Å². The third-order valence-corrected chi connectivity index (χ3v) is 4.61. The van der Waals surface area contributed by atoms with Crippen LogP contribution >= 0.6 is 11.5 Å². The van der Waals surface area contributed by atoms with E-state index in [0.717, 1.165) is 12.1 Å². The Morgan fingerprint density at radius 1 is 1.25 bits per heavy atom. The first-order valence-electron chi connectivity index (χ1n) is 5.75. The molecule has 1 atom stereocenters. The Hall–Kier alpha value is -1.41. The monoisotopic (exact) mass is 317 g/mol.